The number of carbonyl (C=O) groups excluding carboxylic acids is 1. The van der Waals surface area contributed by atoms with Crippen LogP contribution in [0.3, 0.4) is 0 Å². The fourth-order valence-electron chi connectivity index (χ4n) is 3.99. The van der Waals surface area contributed by atoms with Gasteiger partial charge in [-0.25, -0.2) is 4.79 Å². The summed E-state index contributed by atoms with van der Waals surface area (Å²) < 4.78 is 2.18. The second-order valence-corrected chi connectivity index (χ2v) is 8.81. The lowest BCUT2D eigenvalue weighted by Crippen LogP contribution is -2.34. The number of rotatable bonds is 5. The van der Waals surface area contributed by atoms with E-state index in [-0.39, 0.29) is 12.1 Å². The summed E-state index contributed by atoms with van der Waals surface area (Å²) in [6.45, 7) is 6.18. The molecule has 0 radical (unpaired) electrons. The van der Waals surface area contributed by atoms with Gasteiger partial charge in [0.1, 0.15) is 5.00 Å². The number of hydrogen-bond donors (Lipinski definition) is 2. The second kappa shape index (κ2) is 8.43. The van der Waals surface area contributed by atoms with Gasteiger partial charge >= 0.3 is 6.03 Å². The molecule has 0 saturated carbocycles. The molecule has 152 valence electrons. The van der Waals surface area contributed by atoms with Crippen molar-refractivity contribution in [2.45, 2.75) is 39.3 Å². The smallest absolute Gasteiger partial charge is 0.319 e. The molecular formula is C23H28N4OS. The third kappa shape index (κ3) is 4.23. The van der Waals surface area contributed by atoms with E-state index >= 15 is 0 Å². The highest BCUT2D eigenvalue weighted by Gasteiger charge is 2.28. The van der Waals surface area contributed by atoms with Crippen LogP contribution in [0.4, 0.5) is 10.5 Å². The van der Waals surface area contributed by atoms with Crippen LogP contribution in [0, 0.1) is 6.92 Å². The molecule has 0 unspecified atom stereocenters. The van der Waals surface area contributed by atoms with Crippen molar-refractivity contribution in [3.8, 4) is 5.00 Å². The second-order valence-electron chi connectivity index (χ2n) is 7.73. The van der Waals surface area contributed by atoms with Gasteiger partial charge in [0.25, 0.3) is 0 Å². The lowest BCUT2D eigenvalue weighted by atomic mass is 9.96. The third-order valence-electron chi connectivity index (χ3n) is 5.45. The third-order valence-corrected chi connectivity index (χ3v) is 6.69. The number of likely N-dealkylation sites (N-methyl/N-ethyl adjacent to an activating group) is 1. The quantitative estimate of drug-likeness (QED) is 0.616. The average molecular weight is 409 g/mol. The molecule has 0 fully saturated rings. The molecule has 1 aliphatic heterocycles. The molecule has 0 saturated heterocycles. The van der Waals surface area contributed by atoms with Crippen LogP contribution in [-0.4, -0.2) is 29.1 Å². The normalized spacial score (nSPS) is 15.0. The molecule has 5 nitrogen and oxygen atoms in total. The minimum Gasteiger partial charge on any atom is -0.331 e. The van der Waals surface area contributed by atoms with Crippen LogP contribution < -0.4 is 10.6 Å². The standard InChI is InChI=1S/C23H28N4OS/c1-4-19(25-23(28)24-17-9-7-8-16(2)14-17)21-18-10-13-26(3)15-20(18)29-22(21)27-11-5-6-12-27/h5-9,11-12,14,19H,4,10,13,15H2,1-3H3,(H2,24,25,28)/t19-/m1/s1. The number of anilines is 1. The highest BCUT2D eigenvalue weighted by atomic mass is 32.1. The Hall–Kier alpha value is -2.57. The van der Waals surface area contributed by atoms with E-state index in [4.69, 9.17) is 0 Å². The van der Waals surface area contributed by atoms with E-state index in [2.05, 4.69) is 46.5 Å². The molecular weight excluding hydrogens is 380 g/mol. The summed E-state index contributed by atoms with van der Waals surface area (Å²) in [5, 5.41) is 7.44. The monoisotopic (exact) mass is 408 g/mol. The first-order valence-corrected chi connectivity index (χ1v) is 11.0. The molecule has 0 aliphatic carbocycles. The van der Waals surface area contributed by atoms with Crippen molar-refractivity contribution in [3.05, 3.63) is 70.4 Å². The summed E-state index contributed by atoms with van der Waals surface area (Å²) in [5.41, 5.74) is 4.63. The minimum absolute atomic E-state index is 0.0272. The van der Waals surface area contributed by atoms with E-state index in [1.165, 1.54) is 21.0 Å². The summed E-state index contributed by atoms with van der Waals surface area (Å²) in [4.78, 5) is 16.5. The maximum atomic E-state index is 12.8. The summed E-state index contributed by atoms with van der Waals surface area (Å²) >= 11 is 1.85. The van der Waals surface area contributed by atoms with Gasteiger partial charge in [0.2, 0.25) is 0 Å². The number of thiophene rings is 1. The van der Waals surface area contributed by atoms with Crippen molar-refractivity contribution in [2.75, 3.05) is 18.9 Å². The Morgan fingerprint density at radius 2 is 2.03 bits per heavy atom. The number of amides is 2. The number of carbonyl (C=O) groups is 1. The lowest BCUT2D eigenvalue weighted by molar-refractivity contribution is 0.248. The predicted octanol–water partition coefficient (Wildman–Crippen LogP) is 5.11. The molecule has 6 heteroatoms. The van der Waals surface area contributed by atoms with Crippen molar-refractivity contribution in [2.24, 2.45) is 0 Å². The number of benzene rings is 1. The molecule has 1 aromatic carbocycles. The van der Waals surface area contributed by atoms with Crippen LogP contribution in [-0.2, 0) is 13.0 Å². The highest BCUT2D eigenvalue weighted by molar-refractivity contribution is 7.15. The number of hydrogen-bond acceptors (Lipinski definition) is 3. The van der Waals surface area contributed by atoms with Crippen LogP contribution in [0.15, 0.2) is 48.8 Å². The van der Waals surface area contributed by atoms with Gasteiger partial charge in [0, 0.05) is 41.6 Å². The van der Waals surface area contributed by atoms with Crippen molar-refractivity contribution < 1.29 is 4.79 Å². The van der Waals surface area contributed by atoms with E-state index < -0.39 is 0 Å². The first kappa shape index (κ1) is 19.7. The van der Waals surface area contributed by atoms with E-state index in [0.717, 1.165) is 37.2 Å². The number of nitrogens with zero attached hydrogens (tertiary/aromatic N) is 2. The van der Waals surface area contributed by atoms with E-state index in [1.807, 2.05) is 54.7 Å². The fraction of sp³-hybridized carbons (Fsp3) is 0.348. The highest BCUT2D eigenvalue weighted by Crippen LogP contribution is 2.40. The van der Waals surface area contributed by atoms with Gasteiger partial charge in [-0.2, -0.15) is 0 Å². The van der Waals surface area contributed by atoms with Gasteiger partial charge in [0.15, 0.2) is 0 Å². The maximum Gasteiger partial charge on any atom is 0.319 e. The largest absolute Gasteiger partial charge is 0.331 e. The molecule has 3 aromatic rings. The van der Waals surface area contributed by atoms with Crippen molar-refractivity contribution in [1.29, 1.82) is 0 Å². The van der Waals surface area contributed by atoms with Crippen molar-refractivity contribution >= 4 is 23.1 Å². The molecule has 3 heterocycles. The van der Waals surface area contributed by atoms with Crippen LogP contribution in [0.25, 0.3) is 5.00 Å². The summed E-state index contributed by atoms with van der Waals surface area (Å²) in [5.74, 6) is 0. The molecule has 1 aliphatic rings. The Morgan fingerprint density at radius 3 is 2.76 bits per heavy atom. The zero-order valence-electron chi connectivity index (χ0n) is 17.2. The van der Waals surface area contributed by atoms with Gasteiger partial charge in [-0.15, -0.1) is 11.3 Å². The number of aromatic nitrogens is 1. The van der Waals surface area contributed by atoms with Gasteiger partial charge < -0.3 is 20.1 Å². The number of aryl methyl sites for hydroxylation is 1. The van der Waals surface area contributed by atoms with Crippen LogP contribution in [0.1, 0.15) is 41.0 Å². The first-order chi connectivity index (χ1) is 14.0. The molecule has 2 aromatic heterocycles. The molecule has 4 rings (SSSR count). The molecule has 0 bridgehead atoms. The Morgan fingerprint density at radius 1 is 1.24 bits per heavy atom. The number of fused-ring (bicyclic) bond motifs is 1. The molecule has 29 heavy (non-hydrogen) atoms. The molecule has 0 spiro atoms. The summed E-state index contributed by atoms with van der Waals surface area (Å²) in [6.07, 6.45) is 6.04. The van der Waals surface area contributed by atoms with Gasteiger partial charge in [0.05, 0.1) is 6.04 Å². The Labute approximate surface area is 176 Å². The van der Waals surface area contributed by atoms with Crippen molar-refractivity contribution in [3.63, 3.8) is 0 Å². The molecule has 1 atom stereocenters. The lowest BCUT2D eigenvalue weighted by Gasteiger charge is -2.25. The SMILES string of the molecule is CC[C@@H](NC(=O)Nc1cccc(C)c1)c1c(-n2cccc2)sc2c1CCN(C)C2. The number of urea groups is 1. The summed E-state index contributed by atoms with van der Waals surface area (Å²) in [7, 11) is 2.17. The fourth-order valence-corrected chi connectivity index (χ4v) is 5.44. The van der Waals surface area contributed by atoms with Gasteiger partial charge in [-0.3, -0.25) is 0 Å². The number of nitrogens with one attached hydrogen (secondary N) is 2. The topological polar surface area (TPSA) is 49.3 Å². The zero-order chi connectivity index (χ0) is 20.4. The van der Waals surface area contributed by atoms with E-state index in [9.17, 15) is 4.79 Å². The van der Waals surface area contributed by atoms with E-state index in [1.54, 1.807) is 0 Å². The Balaban J connectivity index is 1.63. The van der Waals surface area contributed by atoms with Crippen molar-refractivity contribution in [1.82, 2.24) is 14.8 Å². The van der Waals surface area contributed by atoms with Gasteiger partial charge in [-0.05, 0) is 62.2 Å². The molecule has 2 N–H and O–H groups in total. The maximum absolute atomic E-state index is 12.8. The summed E-state index contributed by atoms with van der Waals surface area (Å²) in [6, 6.07) is 11.8. The Bertz CT molecular complexity index is 992. The van der Waals surface area contributed by atoms with Gasteiger partial charge in [-0.1, -0.05) is 19.1 Å². The predicted molar refractivity (Wildman–Crippen MR) is 120 cm³/mol. The van der Waals surface area contributed by atoms with E-state index in [0.29, 0.717) is 0 Å². The zero-order valence-corrected chi connectivity index (χ0v) is 18.1. The average Bonchev–Trinajstić information content (AvgIpc) is 3.33. The minimum atomic E-state index is -0.159. The Kier molecular flexibility index (Phi) is 5.74. The van der Waals surface area contributed by atoms with Crippen LogP contribution in [0.2, 0.25) is 0 Å². The van der Waals surface area contributed by atoms with Crippen LogP contribution >= 0.6 is 11.3 Å². The first-order valence-electron chi connectivity index (χ1n) is 10.2. The van der Waals surface area contributed by atoms with Crippen LogP contribution in [0.5, 0.6) is 0 Å². The molecule has 2 amide bonds.